The number of hydrogen-bond donors (Lipinski definition) is 3. The number of anilines is 2. The van der Waals surface area contributed by atoms with Crippen molar-refractivity contribution < 1.29 is 37.5 Å². The van der Waals surface area contributed by atoms with E-state index in [1.165, 1.54) is 30.5 Å². The number of amides is 2. The zero-order valence-corrected chi connectivity index (χ0v) is 43.7. The molecule has 3 N–H and O–H groups in total. The number of benzene rings is 3. The van der Waals surface area contributed by atoms with Crippen LogP contribution in [-0.2, 0) is 20.7 Å². The molecule has 12 rings (SSSR count). The first-order valence-electron chi connectivity index (χ1n) is 26.5. The first-order valence-corrected chi connectivity index (χ1v) is 27.4. The number of rotatable bonds is 15. The number of phenols is 1. The summed E-state index contributed by atoms with van der Waals surface area (Å²) in [6.45, 7) is 9.63. The molecule has 0 spiro atoms. The number of nitrogens with one attached hydrogen (secondary N) is 2. The number of aryl methyl sites for hydroxylation is 1. The number of piperazine rings is 1. The van der Waals surface area contributed by atoms with Gasteiger partial charge in [-0.3, -0.25) is 19.5 Å². The van der Waals surface area contributed by atoms with Gasteiger partial charge >= 0.3 is 6.01 Å². The monoisotopic (exact) mass is 1060 g/mol. The van der Waals surface area contributed by atoms with Gasteiger partial charge < -0.3 is 44.4 Å². The molecular formula is C57H59F2N11O6S. The van der Waals surface area contributed by atoms with E-state index < -0.39 is 17.7 Å². The highest BCUT2D eigenvalue weighted by Gasteiger charge is 2.38. The van der Waals surface area contributed by atoms with Crippen LogP contribution in [0.5, 0.6) is 11.8 Å². The van der Waals surface area contributed by atoms with E-state index in [0.717, 1.165) is 66.9 Å². The molecule has 2 bridgehead atoms. The summed E-state index contributed by atoms with van der Waals surface area (Å²) >= 11 is 1.60. The molecule has 7 aromatic rings. The van der Waals surface area contributed by atoms with Crippen LogP contribution >= 0.6 is 11.3 Å². The Hall–Kier alpha value is -7.31. The highest BCUT2D eigenvalue weighted by atomic mass is 32.1. The first-order chi connectivity index (χ1) is 37.4. The van der Waals surface area contributed by atoms with E-state index >= 15 is 8.78 Å². The third kappa shape index (κ3) is 10.2. The van der Waals surface area contributed by atoms with Crippen LogP contribution in [0.15, 0.2) is 70.8 Å². The lowest BCUT2D eigenvalue weighted by Gasteiger charge is -2.42. The van der Waals surface area contributed by atoms with Gasteiger partial charge in [0.2, 0.25) is 11.8 Å². The number of piperidine rings is 1. The number of halogens is 2. The Morgan fingerprint density at radius 3 is 2.51 bits per heavy atom. The van der Waals surface area contributed by atoms with Gasteiger partial charge in [-0.25, -0.2) is 13.8 Å². The number of phenolic OH excluding ortho intramolecular Hbond substituents is 1. The maximum atomic E-state index is 17.0. The molecule has 2 amide bonds. The summed E-state index contributed by atoms with van der Waals surface area (Å²) in [5.74, 6) is 2.17. The van der Waals surface area contributed by atoms with Gasteiger partial charge in [-0.15, -0.1) is 17.8 Å². The number of aromatic nitrogens is 5. The van der Waals surface area contributed by atoms with Crippen LogP contribution in [-0.4, -0.2) is 141 Å². The highest BCUT2D eigenvalue weighted by molar-refractivity contribution is 7.13. The summed E-state index contributed by atoms with van der Waals surface area (Å²) < 4.78 is 50.4. The molecule has 77 heavy (non-hydrogen) atoms. The van der Waals surface area contributed by atoms with E-state index in [0.29, 0.717) is 73.9 Å². The molecule has 20 heteroatoms. The van der Waals surface area contributed by atoms with Crippen molar-refractivity contribution in [3.8, 4) is 45.8 Å². The van der Waals surface area contributed by atoms with Gasteiger partial charge in [-0.2, -0.15) is 9.97 Å². The van der Waals surface area contributed by atoms with Crippen LogP contribution in [0.1, 0.15) is 74.1 Å². The van der Waals surface area contributed by atoms with Crippen molar-refractivity contribution in [3.05, 3.63) is 101 Å². The maximum Gasteiger partial charge on any atom is 0.319 e. The van der Waals surface area contributed by atoms with E-state index in [1.807, 2.05) is 31.5 Å². The number of ether oxygens (including phenoxy) is 2. The number of hydrogen-bond acceptors (Lipinski definition) is 16. The molecule has 3 aromatic carbocycles. The molecule has 0 aliphatic carbocycles. The van der Waals surface area contributed by atoms with Crippen LogP contribution in [0.3, 0.4) is 0 Å². The molecule has 5 fully saturated rings. The molecule has 398 valence electrons. The second-order valence-electron chi connectivity index (χ2n) is 21.0. The minimum atomic E-state index is -0.760. The van der Waals surface area contributed by atoms with Gasteiger partial charge in [0.25, 0.3) is 0 Å². The third-order valence-corrected chi connectivity index (χ3v) is 16.8. The van der Waals surface area contributed by atoms with Crippen molar-refractivity contribution in [2.75, 3.05) is 68.8 Å². The molecule has 0 radical (unpaired) electrons. The Labute approximate surface area is 448 Å². The minimum absolute atomic E-state index is 0.00327. The molecule has 4 unspecified atom stereocenters. The molecule has 5 aliphatic heterocycles. The van der Waals surface area contributed by atoms with Crippen LogP contribution in [0.4, 0.5) is 20.4 Å². The molecular weight excluding hydrogens is 1000 g/mol. The number of carbonyl (C=O) groups excluding carboxylic acids is 2. The molecule has 4 atom stereocenters. The number of terminal acetylenes is 1. The van der Waals surface area contributed by atoms with Gasteiger partial charge in [-0.05, 0) is 87.1 Å². The summed E-state index contributed by atoms with van der Waals surface area (Å²) in [5, 5.41) is 22.8. The first kappa shape index (κ1) is 50.5. The number of fused-ring (bicyclic) bond motifs is 4. The van der Waals surface area contributed by atoms with E-state index in [2.05, 4.69) is 63.5 Å². The Bertz CT molecular complexity index is 3400. The normalized spacial score (nSPS) is 20.5. The third-order valence-electron chi connectivity index (χ3n) is 15.9. The fourth-order valence-corrected chi connectivity index (χ4v) is 12.6. The number of aromatic hydroxyl groups is 1. The maximum absolute atomic E-state index is 17.0. The SMILES string of the molecule is C#Cc1c(F)ccc2cc(O)cc(-c3ncc4c(N5CC6CCC(C5)N6)nc(OCCN5CCC(OC6CN(c7cc(CC(=O)N8CCCC8C(=O)NC(C)c8ccc(-c9scnc9C)cc8)on7)C6)CC5)nc4c3F)c12. The highest BCUT2D eigenvalue weighted by Crippen LogP contribution is 2.40. The predicted octanol–water partition coefficient (Wildman–Crippen LogP) is 7.33. The quantitative estimate of drug-likeness (QED) is 0.0866. The van der Waals surface area contributed by atoms with Gasteiger partial charge in [0, 0.05) is 87.7 Å². The smallest absolute Gasteiger partial charge is 0.319 e. The summed E-state index contributed by atoms with van der Waals surface area (Å²) in [4.78, 5) is 54.8. The fourth-order valence-electron chi connectivity index (χ4n) is 11.8. The lowest BCUT2D eigenvalue weighted by atomic mass is 9.96. The van der Waals surface area contributed by atoms with Crippen molar-refractivity contribution >= 4 is 56.5 Å². The Kier molecular flexibility index (Phi) is 13.9. The van der Waals surface area contributed by atoms with E-state index in [4.69, 9.17) is 25.4 Å². The van der Waals surface area contributed by atoms with Crippen LogP contribution in [0, 0.1) is 30.9 Å². The number of likely N-dealkylation sites (tertiary alicyclic amines) is 2. The summed E-state index contributed by atoms with van der Waals surface area (Å²) in [5.41, 5.74) is 4.88. The predicted molar refractivity (Wildman–Crippen MR) is 288 cm³/mol. The Morgan fingerprint density at radius 1 is 0.961 bits per heavy atom. The van der Waals surface area contributed by atoms with Crippen molar-refractivity contribution in [1.29, 1.82) is 0 Å². The van der Waals surface area contributed by atoms with Gasteiger partial charge in [0.05, 0.1) is 51.7 Å². The number of nitrogens with zero attached hydrogens (tertiary/aromatic N) is 9. The molecule has 17 nitrogen and oxygen atoms in total. The number of thiazole rings is 1. The zero-order chi connectivity index (χ0) is 52.9. The van der Waals surface area contributed by atoms with E-state index in [9.17, 15) is 14.7 Å². The van der Waals surface area contributed by atoms with Crippen molar-refractivity contribution in [1.82, 2.24) is 45.5 Å². The lowest BCUT2D eigenvalue weighted by molar-refractivity contribution is -0.138. The minimum Gasteiger partial charge on any atom is -0.508 e. The van der Waals surface area contributed by atoms with Crippen molar-refractivity contribution in [2.45, 2.75) is 95.2 Å². The molecule has 9 heterocycles. The Morgan fingerprint density at radius 2 is 1.75 bits per heavy atom. The zero-order valence-electron chi connectivity index (χ0n) is 42.9. The standard InChI is InChI=1S/C57H59F2N11O6S/c1-4-43-46(58)14-11-36-22-39(71)23-44(50(36)43)52-51(59)53-45(26-60-52)55(69-27-37-12-13-38(28-69)63-37)65-57(64-53)74-21-20-67-18-15-40(16-19-67)75-42-29-68(30-42)48-24-41(76-66-48)25-49(72)70-17-5-6-47(70)56(73)62-32(2)34-7-9-35(10-8-34)54-33(3)61-31-77-54/h1,7-11,14,22-24,26,31-32,37-38,40,42,47,63,71H,5-6,12-13,15-21,25,27-30H2,2-3H3,(H,62,73). The molecule has 0 saturated carbocycles. The van der Waals surface area contributed by atoms with Gasteiger partial charge in [0.1, 0.15) is 47.0 Å². The van der Waals surface area contributed by atoms with Gasteiger partial charge in [-0.1, -0.05) is 41.4 Å². The van der Waals surface area contributed by atoms with E-state index in [1.54, 1.807) is 22.3 Å². The van der Waals surface area contributed by atoms with Crippen LogP contribution in [0.25, 0.3) is 43.4 Å². The lowest BCUT2D eigenvalue weighted by Crippen LogP contribution is -2.54. The van der Waals surface area contributed by atoms with E-state index in [-0.39, 0.29) is 94.7 Å². The number of carbonyl (C=O) groups is 2. The number of pyridine rings is 1. The summed E-state index contributed by atoms with van der Waals surface area (Å²) in [6, 6.07) is 15.3. The average Bonchev–Trinajstić information content (AvgIpc) is 4.31. The topological polar surface area (TPSA) is 187 Å². The second-order valence-corrected chi connectivity index (χ2v) is 21.8. The van der Waals surface area contributed by atoms with Crippen molar-refractivity contribution in [3.63, 3.8) is 0 Å². The average molecular weight is 1060 g/mol. The fraction of sp³-hybridized carbons (Fsp3) is 0.421. The van der Waals surface area contributed by atoms with Crippen LogP contribution < -0.4 is 25.2 Å². The Balaban J connectivity index is 0.622. The summed E-state index contributed by atoms with van der Waals surface area (Å²) in [6.07, 6.45) is 12.6. The van der Waals surface area contributed by atoms with Gasteiger partial charge in [0.15, 0.2) is 11.6 Å². The molecule has 5 aliphatic rings. The van der Waals surface area contributed by atoms with Crippen molar-refractivity contribution in [2.24, 2.45) is 0 Å². The van der Waals surface area contributed by atoms with Crippen LogP contribution in [0.2, 0.25) is 0 Å². The molecule has 5 saturated heterocycles. The summed E-state index contributed by atoms with van der Waals surface area (Å²) in [7, 11) is 0. The molecule has 4 aromatic heterocycles. The second kappa shape index (κ2) is 21.3. The largest absolute Gasteiger partial charge is 0.508 e.